The maximum atomic E-state index is 12.4. The number of rotatable bonds is 2. The second-order valence-corrected chi connectivity index (χ2v) is 6.55. The molecule has 0 radical (unpaired) electrons. The van der Waals surface area contributed by atoms with Crippen LogP contribution in [0.3, 0.4) is 0 Å². The number of benzene rings is 1. The highest BCUT2D eigenvalue weighted by atomic mass is 79.9. The standard InChI is InChI=1S/C16H17BrN4O2/c1-19-12(8-7-10-5-4-6-11(17)9-10)18-14-13(19)15(22)21(3)16(23)20(14)2/h4-9,13-14H,1-3H3/b8-7+. The van der Waals surface area contributed by atoms with Gasteiger partial charge in [-0.25, -0.2) is 9.79 Å². The van der Waals surface area contributed by atoms with Gasteiger partial charge in [0, 0.05) is 25.6 Å². The Kier molecular flexibility index (Phi) is 3.97. The molecule has 3 amide bonds. The van der Waals surface area contributed by atoms with E-state index in [1.54, 1.807) is 7.05 Å². The van der Waals surface area contributed by atoms with E-state index in [0.29, 0.717) is 5.84 Å². The van der Waals surface area contributed by atoms with E-state index in [4.69, 9.17) is 0 Å². The minimum Gasteiger partial charge on any atom is -0.344 e. The molecule has 2 unspecified atom stereocenters. The van der Waals surface area contributed by atoms with Crippen LogP contribution >= 0.6 is 15.9 Å². The van der Waals surface area contributed by atoms with Crippen LogP contribution in [0.5, 0.6) is 0 Å². The van der Waals surface area contributed by atoms with Crippen molar-refractivity contribution in [3.63, 3.8) is 0 Å². The van der Waals surface area contributed by atoms with Gasteiger partial charge in [0.05, 0.1) is 0 Å². The van der Waals surface area contributed by atoms with Crippen molar-refractivity contribution in [3.8, 4) is 0 Å². The van der Waals surface area contributed by atoms with E-state index < -0.39 is 12.2 Å². The summed E-state index contributed by atoms with van der Waals surface area (Å²) in [5.74, 6) is 0.457. The first-order chi connectivity index (χ1) is 10.9. The maximum absolute atomic E-state index is 12.4. The highest BCUT2D eigenvalue weighted by molar-refractivity contribution is 9.10. The largest absolute Gasteiger partial charge is 0.344 e. The molecule has 2 aliphatic rings. The summed E-state index contributed by atoms with van der Waals surface area (Å²) in [7, 11) is 4.99. The summed E-state index contributed by atoms with van der Waals surface area (Å²) in [5.41, 5.74) is 1.03. The number of amidine groups is 1. The number of aliphatic imine (C=N–C) groups is 1. The Hall–Kier alpha value is -2.15. The molecule has 0 bridgehead atoms. The Morgan fingerprint density at radius 3 is 2.57 bits per heavy atom. The third kappa shape index (κ3) is 2.65. The Labute approximate surface area is 143 Å². The predicted molar refractivity (Wildman–Crippen MR) is 91.9 cm³/mol. The summed E-state index contributed by atoms with van der Waals surface area (Å²) in [4.78, 5) is 33.4. The summed E-state index contributed by atoms with van der Waals surface area (Å²) in [6.45, 7) is 0. The van der Waals surface area contributed by atoms with E-state index in [-0.39, 0.29) is 11.9 Å². The number of hydrogen-bond donors (Lipinski definition) is 0. The molecule has 3 rings (SSSR count). The first-order valence-corrected chi connectivity index (χ1v) is 7.98. The molecular formula is C16H17BrN4O2. The zero-order chi connectivity index (χ0) is 16.7. The van der Waals surface area contributed by atoms with Crippen LogP contribution in [0, 0.1) is 0 Å². The van der Waals surface area contributed by atoms with Gasteiger partial charge in [0.2, 0.25) is 0 Å². The average Bonchev–Trinajstić information content (AvgIpc) is 2.86. The van der Waals surface area contributed by atoms with Crippen LogP contribution in [0.2, 0.25) is 0 Å². The fourth-order valence-corrected chi connectivity index (χ4v) is 3.23. The van der Waals surface area contributed by atoms with Crippen LogP contribution in [-0.4, -0.2) is 65.8 Å². The third-order valence-electron chi connectivity index (χ3n) is 4.17. The first kappa shape index (κ1) is 15.7. The molecule has 0 N–H and O–H groups in total. The molecule has 7 heteroatoms. The number of hydrogen-bond acceptors (Lipinski definition) is 4. The van der Waals surface area contributed by atoms with Gasteiger partial charge in [-0.1, -0.05) is 34.1 Å². The molecule has 0 aliphatic carbocycles. The van der Waals surface area contributed by atoms with Gasteiger partial charge >= 0.3 is 6.03 Å². The third-order valence-corrected chi connectivity index (χ3v) is 4.66. The van der Waals surface area contributed by atoms with E-state index in [1.165, 1.54) is 11.9 Å². The van der Waals surface area contributed by atoms with Crippen molar-refractivity contribution >= 4 is 39.8 Å². The van der Waals surface area contributed by atoms with E-state index >= 15 is 0 Å². The fourth-order valence-electron chi connectivity index (χ4n) is 2.82. The van der Waals surface area contributed by atoms with Gasteiger partial charge in [0.1, 0.15) is 5.84 Å². The van der Waals surface area contributed by atoms with Crippen molar-refractivity contribution < 1.29 is 9.59 Å². The molecule has 1 fully saturated rings. The Morgan fingerprint density at radius 1 is 1.13 bits per heavy atom. The van der Waals surface area contributed by atoms with Gasteiger partial charge < -0.3 is 9.80 Å². The van der Waals surface area contributed by atoms with Crippen LogP contribution in [0.25, 0.3) is 6.08 Å². The molecule has 1 aromatic rings. The van der Waals surface area contributed by atoms with Crippen molar-refractivity contribution in [1.82, 2.24) is 14.7 Å². The monoisotopic (exact) mass is 376 g/mol. The quantitative estimate of drug-likeness (QED) is 0.793. The number of likely N-dealkylation sites (N-methyl/N-ethyl adjacent to an activating group) is 3. The average molecular weight is 377 g/mol. The number of urea groups is 1. The van der Waals surface area contributed by atoms with Gasteiger partial charge in [0.15, 0.2) is 12.2 Å². The second kappa shape index (κ2) is 5.81. The van der Waals surface area contributed by atoms with Crippen molar-refractivity contribution in [2.45, 2.75) is 12.2 Å². The zero-order valence-corrected chi connectivity index (χ0v) is 14.7. The van der Waals surface area contributed by atoms with Gasteiger partial charge in [-0.15, -0.1) is 0 Å². The van der Waals surface area contributed by atoms with Crippen molar-refractivity contribution in [3.05, 3.63) is 40.4 Å². The number of imide groups is 1. The molecule has 1 saturated heterocycles. The molecule has 0 saturated carbocycles. The lowest BCUT2D eigenvalue weighted by molar-refractivity contribution is -0.135. The molecule has 6 nitrogen and oxygen atoms in total. The van der Waals surface area contributed by atoms with E-state index in [1.807, 2.05) is 48.4 Å². The summed E-state index contributed by atoms with van der Waals surface area (Å²) in [5, 5.41) is 0. The van der Waals surface area contributed by atoms with Crippen molar-refractivity contribution in [2.24, 2.45) is 4.99 Å². The zero-order valence-electron chi connectivity index (χ0n) is 13.1. The van der Waals surface area contributed by atoms with Crippen LogP contribution in [0.1, 0.15) is 5.56 Å². The number of carbonyl (C=O) groups excluding carboxylic acids is 2. The molecule has 23 heavy (non-hydrogen) atoms. The molecule has 0 aromatic heterocycles. The summed E-state index contributed by atoms with van der Waals surface area (Å²) in [6.07, 6.45) is 3.33. The normalized spacial score (nSPS) is 24.5. The van der Waals surface area contributed by atoms with Crippen molar-refractivity contribution in [2.75, 3.05) is 21.1 Å². The van der Waals surface area contributed by atoms with Crippen molar-refractivity contribution in [1.29, 1.82) is 0 Å². The number of amides is 3. The maximum Gasteiger partial charge on any atom is 0.328 e. The van der Waals surface area contributed by atoms with Crippen LogP contribution in [-0.2, 0) is 4.79 Å². The van der Waals surface area contributed by atoms with Gasteiger partial charge in [-0.3, -0.25) is 9.69 Å². The van der Waals surface area contributed by atoms with Gasteiger partial charge in [-0.05, 0) is 23.8 Å². The smallest absolute Gasteiger partial charge is 0.328 e. The molecule has 0 spiro atoms. The summed E-state index contributed by atoms with van der Waals surface area (Å²) in [6, 6.07) is 7.09. The topological polar surface area (TPSA) is 56.2 Å². The number of carbonyl (C=O) groups is 2. The molecule has 2 heterocycles. The minimum absolute atomic E-state index is 0.227. The predicted octanol–water partition coefficient (Wildman–Crippen LogP) is 2.02. The summed E-state index contributed by atoms with van der Waals surface area (Å²) < 4.78 is 0.997. The van der Waals surface area contributed by atoms with Gasteiger partial charge in [-0.2, -0.15) is 0 Å². The number of fused-ring (bicyclic) bond motifs is 1. The Balaban J connectivity index is 1.87. The molecule has 1 aromatic carbocycles. The Bertz CT molecular complexity index is 731. The van der Waals surface area contributed by atoms with Crippen LogP contribution in [0.15, 0.2) is 39.8 Å². The van der Waals surface area contributed by atoms with Crippen LogP contribution < -0.4 is 0 Å². The molecule has 2 aliphatic heterocycles. The minimum atomic E-state index is -0.474. The second-order valence-electron chi connectivity index (χ2n) is 5.64. The molecular weight excluding hydrogens is 360 g/mol. The van der Waals surface area contributed by atoms with E-state index in [2.05, 4.69) is 20.9 Å². The molecule has 120 valence electrons. The molecule has 2 atom stereocenters. The SMILES string of the molecule is CN1C(=O)C2C(N=C(/C=C/c3cccc(Br)c3)N2C)N(C)C1=O. The fraction of sp³-hybridized carbons (Fsp3) is 0.312. The Morgan fingerprint density at radius 2 is 1.87 bits per heavy atom. The highest BCUT2D eigenvalue weighted by Crippen LogP contribution is 2.26. The van der Waals surface area contributed by atoms with Crippen LogP contribution in [0.4, 0.5) is 4.79 Å². The van der Waals surface area contributed by atoms with E-state index in [0.717, 1.165) is 14.9 Å². The first-order valence-electron chi connectivity index (χ1n) is 7.19. The lowest BCUT2D eigenvalue weighted by Gasteiger charge is -2.38. The lowest BCUT2D eigenvalue weighted by atomic mass is 10.1. The lowest BCUT2D eigenvalue weighted by Crippen LogP contribution is -2.63. The number of halogens is 1. The van der Waals surface area contributed by atoms with Gasteiger partial charge in [0.25, 0.3) is 5.91 Å². The number of nitrogens with zero attached hydrogens (tertiary/aromatic N) is 4. The summed E-state index contributed by atoms with van der Waals surface area (Å²) >= 11 is 3.44. The highest BCUT2D eigenvalue weighted by Gasteiger charge is 2.49. The van der Waals surface area contributed by atoms with E-state index in [9.17, 15) is 9.59 Å².